The number of carbonyl (C=O) groups is 4. The van der Waals surface area contributed by atoms with E-state index in [0.717, 1.165) is 43.3 Å². The Morgan fingerprint density at radius 1 is 1.17 bits per heavy atom. The van der Waals surface area contributed by atoms with Crippen LogP contribution >= 0.6 is 11.3 Å². The first-order chi connectivity index (χ1) is 19.5. The van der Waals surface area contributed by atoms with Crippen LogP contribution in [-0.4, -0.2) is 88.9 Å². The Labute approximate surface area is 246 Å². The zero-order valence-corrected chi connectivity index (χ0v) is 25.9. The van der Waals surface area contributed by atoms with E-state index in [4.69, 9.17) is 4.74 Å². The predicted molar refractivity (Wildman–Crippen MR) is 160 cm³/mol. The Kier molecular flexibility index (Phi) is 9.69. The molecule has 1 unspecified atom stereocenters. The van der Waals surface area contributed by atoms with Gasteiger partial charge >= 0.3 is 6.09 Å². The number of amides is 4. The number of methoxy groups -OCH3 is 1. The molecule has 41 heavy (non-hydrogen) atoms. The number of hydrogen-bond acceptors (Lipinski definition) is 8. The number of piperidine rings is 2. The number of aryl methyl sites for hydroxylation is 1. The van der Waals surface area contributed by atoms with Gasteiger partial charge in [0.25, 0.3) is 5.91 Å². The molecule has 3 saturated heterocycles. The smallest absolute Gasteiger partial charge is 0.411 e. The number of thiophene rings is 1. The summed E-state index contributed by atoms with van der Waals surface area (Å²) in [5.74, 6) is -0.212. The second-order valence-corrected chi connectivity index (χ2v) is 12.7. The number of nitrogens with zero attached hydrogens (tertiary/aromatic N) is 4. The lowest BCUT2D eigenvalue weighted by molar-refractivity contribution is -0.145. The molecule has 1 N–H and O–H groups in total. The van der Waals surface area contributed by atoms with Crippen molar-refractivity contribution in [3.63, 3.8) is 0 Å². The summed E-state index contributed by atoms with van der Waals surface area (Å²) < 4.78 is 4.77. The second-order valence-electron chi connectivity index (χ2n) is 11.7. The summed E-state index contributed by atoms with van der Waals surface area (Å²) in [5, 5.41) is 3.85. The predicted octanol–water partition coefficient (Wildman–Crippen LogP) is 5.05. The molecule has 0 radical (unpaired) electrons. The van der Waals surface area contributed by atoms with Gasteiger partial charge in [0.05, 0.1) is 18.1 Å². The maximum atomic E-state index is 13.7. The molecular weight excluding hydrogens is 542 g/mol. The van der Waals surface area contributed by atoms with Crippen LogP contribution in [0.1, 0.15) is 82.3 Å². The third-order valence-electron chi connectivity index (χ3n) is 8.13. The molecule has 0 aromatic carbocycles. The Hall–Kier alpha value is -3.05. The lowest BCUT2D eigenvalue weighted by Crippen LogP contribution is -2.54. The fraction of sp³-hybridized carbons (Fsp3) is 0.633. The summed E-state index contributed by atoms with van der Waals surface area (Å²) in [6.07, 6.45) is 4.14. The fourth-order valence-corrected chi connectivity index (χ4v) is 7.34. The number of pyridine rings is 1. The molecule has 0 saturated carbocycles. The van der Waals surface area contributed by atoms with Gasteiger partial charge in [0.15, 0.2) is 0 Å². The van der Waals surface area contributed by atoms with Crippen LogP contribution in [0.3, 0.4) is 0 Å². The molecule has 1 spiro atoms. The number of likely N-dealkylation sites (tertiary alicyclic amines) is 3. The molecule has 5 rings (SSSR count). The quantitative estimate of drug-likeness (QED) is 0.500. The van der Waals surface area contributed by atoms with Gasteiger partial charge in [-0.3, -0.25) is 29.5 Å². The van der Waals surface area contributed by atoms with Crippen molar-refractivity contribution in [1.29, 1.82) is 0 Å². The zero-order chi connectivity index (χ0) is 29.9. The number of aromatic nitrogens is 1. The maximum absolute atomic E-state index is 13.7. The van der Waals surface area contributed by atoms with Gasteiger partial charge in [-0.1, -0.05) is 31.6 Å². The van der Waals surface area contributed by atoms with E-state index in [1.54, 1.807) is 0 Å². The van der Waals surface area contributed by atoms with Gasteiger partial charge in [0, 0.05) is 49.2 Å². The number of fused-ring (bicyclic) bond motifs is 1. The van der Waals surface area contributed by atoms with E-state index in [1.807, 2.05) is 37.8 Å². The minimum Gasteiger partial charge on any atom is -0.453 e. The van der Waals surface area contributed by atoms with Crippen molar-refractivity contribution in [3.8, 4) is 0 Å². The van der Waals surface area contributed by atoms with Crippen molar-refractivity contribution in [2.75, 3.05) is 38.6 Å². The number of nitrogens with one attached hydrogen (secondary N) is 1. The van der Waals surface area contributed by atoms with Gasteiger partial charge in [0.1, 0.15) is 9.83 Å². The Balaban J connectivity index is 0.00000124. The molecule has 3 fully saturated rings. The minimum absolute atomic E-state index is 0.0198. The highest BCUT2D eigenvalue weighted by atomic mass is 32.1. The first kappa shape index (κ1) is 30.9. The SMILES string of the molecule is CCC.COC(=O)Nc1sc2nc(C)ccc2c1C(=O)N1CCC(N2CCCC3(CC(=O)N(C(C)C)C3=O)C2)CC1. The highest BCUT2D eigenvalue weighted by molar-refractivity contribution is 7.23. The van der Waals surface area contributed by atoms with Crippen LogP contribution < -0.4 is 5.32 Å². The van der Waals surface area contributed by atoms with Crippen LogP contribution in [-0.2, 0) is 14.3 Å². The summed E-state index contributed by atoms with van der Waals surface area (Å²) in [4.78, 5) is 62.5. The first-order valence-electron chi connectivity index (χ1n) is 14.7. The first-order valence-corrected chi connectivity index (χ1v) is 15.5. The molecule has 2 aromatic heterocycles. The summed E-state index contributed by atoms with van der Waals surface area (Å²) in [6, 6.07) is 3.87. The molecule has 10 nitrogen and oxygen atoms in total. The van der Waals surface area contributed by atoms with Crippen molar-refractivity contribution >= 4 is 50.4 Å². The molecule has 3 aliphatic heterocycles. The van der Waals surface area contributed by atoms with Gasteiger partial charge < -0.3 is 9.64 Å². The number of anilines is 1. The normalized spacial score (nSPS) is 21.9. The largest absolute Gasteiger partial charge is 0.453 e. The van der Waals surface area contributed by atoms with Crippen LogP contribution in [0.25, 0.3) is 10.2 Å². The molecule has 1 atom stereocenters. The van der Waals surface area contributed by atoms with Gasteiger partial charge in [-0.15, -0.1) is 0 Å². The van der Waals surface area contributed by atoms with Crippen LogP contribution in [0.2, 0.25) is 0 Å². The van der Waals surface area contributed by atoms with Crippen molar-refractivity contribution in [3.05, 3.63) is 23.4 Å². The number of carbonyl (C=O) groups excluding carboxylic acids is 4. The van der Waals surface area contributed by atoms with E-state index < -0.39 is 11.5 Å². The molecule has 0 aliphatic carbocycles. The van der Waals surface area contributed by atoms with Crippen LogP contribution in [0.4, 0.5) is 9.80 Å². The van der Waals surface area contributed by atoms with E-state index in [1.165, 1.54) is 29.8 Å². The van der Waals surface area contributed by atoms with Gasteiger partial charge in [-0.05, 0) is 65.1 Å². The van der Waals surface area contributed by atoms with Crippen LogP contribution in [0.15, 0.2) is 12.1 Å². The second kappa shape index (κ2) is 12.9. The Morgan fingerprint density at radius 3 is 2.46 bits per heavy atom. The third kappa shape index (κ3) is 6.25. The van der Waals surface area contributed by atoms with Crippen molar-refractivity contribution < 1.29 is 23.9 Å². The van der Waals surface area contributed by atoms with Gasteiger partial charge in [0.2, 0.25) is 11.8 Å². The van der Waals surface area contributed by atoms with Gasteiger partial charge in [-0.2, -0.15) is 0 Å². The summed E-state index contributed by atoms with van der Waals surface area (Å²) >= 11 is 1.27. The van der Waals surface area contributed by atoms with Crippen LogP contribution in [0.5, 0.6) is 0 Å². The fourth-order valence-electron chi connectivity index (χ4n) is 6.25. The highest BCUT2D eigenvalue weighted by Crippen LogP contribution is 2.43. The van der Waals surface area contributed by atoms with E-state index in [-0.39, 0.29) is 29.8 Å². The molecule has 224 valence electrons. The van der Waals surface area contributed by atoms with Crippen LogP contribution in [0, 0.1) is 12.3 Å². The maximum Gasteiger partial charge on any atom is 0.411 e. The number of hydrogen-bond donors (Lipinski definition) is 1. The standard InChI is InChI=1S/C27H35N5O5S.C3H8/c1-16(2)32-20(33)14-27(25(32)35)10-5-11-31(15-27)18-8-12-30(13-9-18)24(34)21-19-7-6-17(3)28-22(19)38-23(21)29-26(36)37-4;1-3-2/h6-7,16,18H,5,8-15H2,1-4H3,(H,29,36);3H2,1-2H3. The van der Waals surface area contributed by atoms with E-state index in [0.29, 0.717) is 41.5 Å². The summed E-state index contributed by atoms with van der Waals surface area (Å²) in [7, 11) is 1.29. The Bertz CT molecular complexity index is 1300. The van der Waals surface area contributed by atoms with Crippen molar-refractivity contribution in [1.82, 2.24) is 19.7 Å². The van der Waals surface area contributed by atoms with E-state index >= 15 is 0 Å². The molecule has 11 heteroatoms. The molecule has 0 bridgehead atoms. The monoisotopic (exact) mass is 585 g/mol. The van der Waals surface area contributed by atoms with E-state index in [2.05, 4.69) is 29.0 Å². The summed E-state index contributed by atoms with van der Waals surface area (Å²) in [5.41, 5.74) is 0.672. The lowest BCUT2D eigenvalue weighted by atomic mass is 9.77. The summed E-state index contributed by atoms with van der Waals surface area (Å²) in [6.45, 7) is 12.6. The number of rotatable bonds is 4. The minimum atomic E-state index is -0.629. The average molecular weight is 586 g/mol. The van der Waals surface area contributed by atoms with Gasteiger partial charge in [-0.25, -0.2) is 9.78 Å². The lowest BCUT2D eigenvalue weighted by Gasteiger charge is -2.45. The Morgan fingerprint density at radius 2 is 1.85 bits per heavy atom. The third-order valence-corrected chi connectivity index (χ3v) is 9.15. The number of imide groups is 1. The zero-order valence-electron chi connectivity index (χ0n) is 25.1. The highest BCUT2D eigenvalue weighted by Gasteiger charge is 2.54. The average Bonchev–Trinajstić information content (AvgIpc) is 3.40. The molecule has 2 aromatic rings. The molecule has 5 heterocycles. The van der Waals surface area contributed by atoms with Crippen molar-refractivity contribution in [2.45, 2.75) is 85.2 Å². The number of ether oxygens (including phenoxy) is 1. The molecular formula is C30H43N5O5S. The topological polar surface area (TPSA) is 112 Å². The van der Waals surface area contributed by atoms with E-state index in [9.17, 15) is 19.2 Å². The molecule has 3 aliphatic rings. The molecule has 4 amide bonds. The van der Waals surface area contributed by atoms with Crippen molar-refractivity contribution in [2.24, 2.45) is 5.41 Å².